The fourth-order valence-corrected chi connectivity index (χ4v) is 2.01. The molecule has 112 valence electrons. The van der Waals surface area contributed by atoms with Crippen molar-refractivity contribution in [3.8, 4) is 0 Å². The van der Waals surface area contributed by atoms with E-state index in [0.29, 0.717) is 19.5 Å². The Morgan fingerprint density at radius 3 is 2.38 bits per heavy atom. The lowest BCUT2D eigenvalue weighted by Crippen LogP contribution is -2.45. The lowest BCUT2D eigenvalue weighted by molar-refractivity contribution is 0.0188. The molecule has 0 radical (unpaired) electrons. The molecule has 1 saturated heterocycles. The molecule has 1 aromatic rings. The van der Waals surface area contributed by atoms with E-state index >= 15 is 0 Å². The molecule has 0 bridgehead atoms. The zero-order chi connectivity index (χ0) is 15.4. The van der Waals surface area contributed by atoms with E-state index in [2.05, 4.69) is 14.5 Å². The van der Waals surface area contributed by atoms with E-state index in [-0.39, 0.29) is 11.3 Å². The highest BCUT2D eigenvalue weighted by molar-refractivity contribution is 5.95. The number of rotatable bonds is 2. The van der Waals surface area contributed by atoms with Crippen LogP contribution >= 0.6 is 0 Å². The van der Waals surface area contributed by atoms with Crippen molar-refractivity contribution in [3.63, 3.8) is 0 Å². The minimum Gasteiger partial charge on any atom is -0.465 e. The second kappa shape index (κ2) is 6.21. The first-order chi connectivity index (χ1) is 10.1. The number of hydrogen-bond acceptors (Lipinski definition) is 6. The summed E-state index contributed by atoms with van der Waals surface area (Å²) < 4.78 is 9.18. The van der Waals surface area contributed by atoms with Gasteiger partial charge in [-0.15, -0.1) is 0 Å². The Morgan fingerprint density at radius 2 is 1.81 bits per heavy atom. The van der Waals surface area contributed by atoms with Crippen LogP contribution in [-0.4, -0.2) is 60.3 Å². The number of methoxy groups -OCH3 is 2. The summed E-state index contributed by atoms with van der Waals surface area (Å²) in [5, 5.41) is 2.52. The normalized spacial score (nSPS) is 14.0. The number of nitrogens with zero attached hydrogens (tertiary/aromatic N) is 3. The van der Waals surface area contributed by atoms with E-state index in [0.717, 1.165) is 0 Å². The molecule has 2 heterocycles. The third-order valence-electron chi connectivity index (χ3n) is 3.05. The SMILES string of the molecule is COC(=O)c1ccc(C(=O)N2CCCN2C(=O)OC)nc1. The van der Waals surface area contributed by atoms with Gasteiger partial charge in [-0.25, -0.2) is 19.6 Å². The first kappa shape index (κ1) is 14.8. The highest BCUT2D eigenvalue weighted by atomic mass is 16.5. The van der Waals surface area contributed by atoms with Crippen molar-refractivity contribution in [2.75, 3.05) is 27.3 Å². The Kier molecular flexibility index (Phi) is 4.36. The Bertz CT molecular complexity index is 557. The van der Waals surface area contributed by atoms with Crippen molar-refractivity contribution in [2.45, 2.75) is 6.42 Å². The van der Waals surface area contributed by atoms with Crippen LogP contribution in [0, 0.1) is 0 Å². The zero-order valence-corrected chi connectivity index (χ0v) is 11.7. The molecule has 0 atom stereocenters. The van der Waals surface area contributed by atoms with Gasteiger partial charge in [0.25, 0.3) is 5.91 Å². The number of hydrazine groups is 1. The minimum absolute atomic E-state index is 0.137. The number of carbonyl (C=O) groups excluding carboxylic acids is 3. The molecule has 1 aliphatic heterocycles. The average molecular weight is 293 g/mol. The minimum atomic E-state index is -0.591. The first-order valence-electron chi connectivity index (χ1n) is 6.30. The van der Waals surface area contributed by atoms with Gasteiger partial charge in [0.05, 0.1) is 19.8 Å². The summed E-state index contributed by atoms with van der Waals surface area (Å²) in [6, 6.07) is 2.87. The number of amides is 2. The van der Waals surface area contributed by atoms with E-state index in [9.17, 15) is 14.4 Å². The first-order valence-corrected chi connectivity index (χ1v) is 6.30. The topological polar surface area (TPSA) is 89.0 Å². The van der Waals surface area contributed by atoms with Gasteiger partial charge in [-0.2, -0.15) is 0 Å². The third-order valence-corrected chi connectivity index (χ3v) is 3.05. The lowest BCUT2D eigenvalue weighted by Gasteiger charge is -2.26. The Labute approximate surface area is 121 Å². The molecule has 2 rings (SSSR count). The maximum Gasteiger partial charge on any atom is 0.428 e. The molecule has 0 unspecified atom stereocenters. The van der Waals surface area contributed by atoms with Gasteiger partial charge in [-0.1, -0.05) is 0 Å². The standard InChI is InChI=1S/C13H15N3O5/c1-20-12(18)9-4-5-10(14-8-9)11(17)15-6-3-7-16(15)13(19)21-2/h4-5,8H,3,6-7H2,1-2H3. The van der Waals surface area contributed by atoms with Gasteiger partial charge in [-0.3, -0.25) is 9.78 Å². The number of aromatic nitrogens is 1. The summed E-state index contributed by atoms with van der Waals surface area (Å²) in [5.74, 6) is -0.951. The molecule has 0 spiro atoms. The number of carbonyl (C=O) groups is 3. The van der Waals surface area contributed by atoms with Crippen molar-refractivity contribution in [3.05, 3.63) is 29.6 Å². The third kappa shape index (κ3) is 2.93. The predicted molar refractivity (Wildman–Crippen MR) is 70.3 cm³/mol. The predicted octanol–water partition coefficient (Wildman–Crippen LogP) is 0.698. The lowest BCUT2D eigenvalue weighted by atomic mass is 10.2. The van der Waals surface area contributed by atoms with Gasteiger partial charge in [0.1, 0.15) is 5.69 Å². The quantitative estimate of drug-likeness (QED) is 0.746. The fourth-order valence-electron chi connectivity index (χ4n) is 2.01. The summed E-state index contributed by atoms with van der Waals surface area (Å²) >= 11 is 0. The smallest absolute Gasteiger partial charge is 0.428 e. The Hall–Kier alpha value is -2.64. The summed E-state index contributed by atoms with van der Waals surface area (Å²) in [5.41, 5.74) is 0.388. The van der Waals surface area contributed by atoms with E-state index in [1.807, 2.05) is 0 Å². The van der Waals surface area contributed by atoms with Gasteiger partial charge in [0, 0.05) is 19.3 Å². The fraction of sp³-hybridized carbons (Fsp3) is 0.385. The molecule has 1 aliphatic rings. The molecule has 0 saturated carbocycles. The van der Waals surface area contributed by atoms with E-state index in [1.165, 1.54) is 42.6 Å². The maximum atomic E-state index is 12.3. The molecular weight excluding hydrogens is 278 g/mol. The molecule has 21 heavy (non-hydrogen) atoms. The molecule has 0 N–H and O–H groups in total. The van der Waals surface area contributed by atoms with Crippen LogP contribution in [0.5, 0.6) is 0 Å². The van der Waals surface area contributed by atoms with E-state index in [4.69, 9.17) is 0 Å². The van der Waals surface area contributed by atoms with Crippen molar-refractivity contribution < 1.29 is 23.9 Å². The number of esters is 1. The summed E-state index contributed by atoms with van der Waals surface area (Å²) in [4.78, 5) is 39.1. The average Bonchev–Trinajstić information content (AvgIpc) is 3.02. The molecule has 1 aromatic heterocycles. The molecular formula is C13H15N3O5. The molecule has 0 aromatic carbocycles. The van der Waals surface area contributed by atoms with Gasteiger partial charge < -0.3 is 9.47 Å². The molecule has 1 fully saturated rings. The van der Waals surface area contributed by atoms with Crippen LogP contribution in [0.15, 0.2) is 18.3 Å². The van der Waals surface area contributed by atoms with Crippen LogP contribution in [0.3, 0.4) is 0 Å². The van der Waals surface area contributed by atoms with E-state index in [1.54, 1.807) is 0 Å². The van der Waals surface area contributed by atoms with Gasteiger partial charge in [0.2, 0.25) is 0 Å². The Balaban J connectivity index is 2.16. The van der Waals surface area contributed by atoms with Crippen LogP contribution in [0.4, 0.5) is 4.79 Å². The second-order valence-corrected chi connectivity index (χ2v) is 4.30. The molecule has 8 nitrogen and oxygen atoms in total. The molecule has 2 amide bonds. The van der Waals surface area contributed by atoms with E-state index < -0.39 is 18.0 Å². The maximum absolute atomic E-state index is 12.3. The number of pyridine rings is 1. The zero-order valence-electron chi connectivity index (χ0n) is 11.7. The largest absolute Gasteiger partial charge is 0.465 e. The van der Waals surface area contributed by atoms with Crippen molar-refractivity contribution >= 4 is 18.0 Å². The van der Waals surface area contributed by atoms with Crippen LogP contribution in [0.25, 0.3) is 0 Å². The second-order valence-electron chi connectivity index (χ2n) is 4.30. The number of hydrogen-bond donors (Lipinski definition) is 0. The molecule has 0 aliphatic carbocycles. The number of ether oxygens (including phenoxy) is 2. The van der Waals surface area contributed by atoms with Gasteiger partial charge >= 0.3 is 12.1 Å². The van der Waals surface area contributed by atoms with Gasteiger partial charge in [-0.05, 0) is 18.6 Å². The highest BCUT2D eigenvalue weighted by Crippen LogP contribution is 2.15. The van der Waals surface area contributed by atoms with Crippen molar-refractivity contribution in [1.82, 2.24) is 15.0 Å². The monoisotopic (exact) mass is 293 g/mol. The summed E-state index contributed by atoms with van der Waals surface area (Å²) in [7, 11) is 2.52. The van der Waals surface area contributed by atoms with Crippen LogP contribution in [0.2, 0.25) is 0 Å². The summed E-state index contributed by atoms with van der Waals surface area (Å²) in [6.45, 7) is 0.826. The van der Waals surface area contributed by atoms with Crippen LogP contribution in [0.1, 0.15) is 27.3 Å². The molecule has 8 heteroatoms. The van der Waals surface area contributed by atoms with Crippen molar-refractivity contribution in [2.24, 2.45) is 0 Å². The van der Waals surface area contributed by atoms with Crippen molar-refractivity contribution in [1.29, 1.82) is 0 Å². The Morgan fingerprint density at radius 1 is 1.10 bits per heavy atom. The highest BCUT2D eigenvalue weighted by Gasteiger charge is 2.32. The van der Waals surface area contributed by atoms with Gasteiger partial charge in [0.15, 0.2) is 0 Å². The van der Waals surface area contributed by atoms with Crippen LogP contribution < -0.4 is 0 Å². The summed E-state index contributed by atoms with van der Waals surface area (Å²) in [6.07, 6.45) is 1.34. The van der Waals surface area contributed by atoms with Crippen LogP contribution in [-0.2, 0) is 9.47 Å².